The zero-order valence-corrected chi connectivity index (χ0v) is 63.2. The molecule has 2 amide bonds. The van der Waals surface area contributed by atoms with Crippen LogP contribution < -0.4 is 28.4 Å². The molecule has 0 unspecified atom stereocenters. The van der Waals surface area contributed by atoms with Crippen LogP contribution in [0.4, 0.5) is 73.6 Å². The summed E-state index contributed by atoms with van der Waals surface area (Å²) in [6.07, 6.45) is -11.4. The van der Waals surface area contributed by atoms with E-state index in [0.717, 1.165) is 86.0 Å². The molecule has 0 fully saturated rings. The van der Waals surface area contributed by atoms with E-state index in [1.54, 1.807) is 60.7 Å². The molecule has 110 heavy (non-hydrogen) atoms. The Morgan fingerprint density at radius 2 is 0.845 bits per heavy atom. The maximum atomic E-state index is 13.5. The van der Waals surface area contributed by atoms with Crippen LogP contribution in [0, 0.1) is 5.53 Å². The van der Waals surface area contributed by atoms with E-state index < -0.39 is 138 Å². The van der Waals surface area contributed by atoms with Crippen LogP contribution in [-0.2, 0) is 58.1 Å². The summed E-state index contributed by atoms with van der Waals surface area (Å²) in [4.78, 5) is 49.4. The lowest BCUT2D eigenvalue weighted by Crippen LogP contribution is -2.36. The fourth-order valence-corrected chi connectivity index (χ4v) is 13.7. The average molecular weight is 1740 g/mol. The van der Waals surface area contributed by atoms with Gasteiger partial charge >= 0.3 is 24.5 Å². The van der Waals surface area contributed by atoms with Crippen LogP contribution in [0.25, 0.3) is 0 Å². The zero-order chi connectivity index (χ0) is 80.9. The van der Waals surface area contributed by atoms with Gasteiger partial charge in [0.2, 0.25) is 0 Å². The van der Waals surface area contributed by atoms with Crippen molar-refractivity contribution in [2.45, 2.75) is 48.1 Å². The number of hydrogen-bond donors (Lipinski definition) is 4. The van der Waals surface area contributed by atoms with E-state index in [0.29, 0.717) is 38.2 Å². The fraction of sp³-hybridized carbons (Fsp3) is 0.182. The molecular weight excluding hydrogens is 1680 g/mol. The molecule has 0 aliphatic heterocycles. The number of hydrogen-bond acceptors (Lipinski definition) is 17. The smallest absolute Gasteiger partial charge is 0.417 e. The molecule has 592 valence electrons. The number of nitrogens with one attached hydrogen (secondary N) is 3. The average Bonchev–Trinajstić information content (AvgIpc) is 0.771. The molecule has 0 aliphatic carbocycles. The molecule has 25 nitrogen and oxygen atoms in total. The minimum atomic E-state index is -4.90. The monoisotopic (exact) mass is 1740 g/mol. The minimum Gasteiger partial charge on any atom is -0.476 e. The summed E-state index contributed by atoms with van der Waals surface area (Å²) in [7, 11) is -6.83. The summed E-state index contributed by atoms with van der Waals surface area (Å²) in [5, 5.41) is 15.3. The van der Waals surface area contributed by atoms with E-state index >= 15 is 0 Å². The number of aromatic nitrogens is 3. The predicted octanol–water partition coefficient (Wildman–Crippen LogP) is 19.4. The standard InChI is InChI=1S/C22H18Cl2F3N3O4S.C20H14Cl2F3N3O3S.C15H11Cl2F3N2O5S.C7H9N.2CH4.ClHN4/c1-29(15-6-4-3-5-7-15)21(31)20-19(10-14(23)12-28-20)30(13-34-2)35(32,33)16-8-9-18(24)17(11-16)22(25,26)27;1-28(13-5-3-2-4-6-13)19(29)18-17(9-12(21)11-26-18)27-32(30,31)14-7-8-16(22)15(10-14)20(23,24)25;1-27-7-22(12-4-8(16)6-21-13(12)14(23)24)28(25,26)9-2-3-11(17)10(5-9)15(18,19)20;1-8-7-5-3-2-4-6-7;;;1-3-5-4-2/h3-12H,13H2,1-2H3;2-11,27H,1H3;2-6H,7H2,1H3,(H,23,24);2-6,8H,1H3;2*1H4;2H. The molecule has 3 heterocycles. The second-order valence-corrected chi connectivity index (χ2v) is 28.8. The SMILES string of the molecule is C.C.CN(C(=O)c1ncc(Cl)cc1NS(=O)(=O)c1ccc(Cl)c(C(F)(F)F)c1)c1ccccc1.CNc1ccccc1.COCN(c1cc(Cl)cnc1C(=O)N(C)c1ccccc1)S(=O)(=O)c1ccc(Cl)c(C(F)(F)F)c1.COCN(c1cc(Cl)cnc1C(=O)O)S(=O)(=O)c1ccc(Cl)c(C(F)(F)F)c1.N=NN=NCl. The summed E-state index contributed by atoms with van der Waals surface area (Å²) in [5.41, 5.74) is 1.68. The van der Waals surface area contributed by atoms with Gasteiger partial charge in [-0.25, -0.2) is 53.6 Å². The lowest BCUT2D eigenvalue weighted by molar-refractivity contribution is -0.138. The first-order valence-electron chi connectivity index (χ1n) is 29.1. The molecule has 44 heteroatoms. The third kappa shape index (κ3) is 25.7. The number of methoxy groups -OCH3 is 2. The Morgan fingerprint density at radius 1 is 0.509 bits per heavy atom. The van der Waals surface area contributed by atoms with Gasteiger partial charge in [0.15, 0.2) is 17.1 Å². The highest BCUT2D eigenvalue weighted by atomic mass is 35.5. The van der Waals surface area contributed by atoms with Crippen LogP contribution in [0.3, 0.4) is 0 Å². The van der Waals surface area contributed by atoms with Gasteiger partial charge in [-0.15, -0.1) is 0 Å². The Balaban J connectivity index is 0.000000392. The highest BCUT2D eigenvalue weighted by molar-refractivity contribution is 7.93. The Labute approximate surface area is 659 Å². The Kier molecular flexibility index (Phi) is 36.0. The number of halogens is 16. The van der Waals surface area contributed by atoms with Crippen LogP contribution in [0.5, 0.6) is 0 Å². The number of ether oxygens (including phenoxy) is 2. The van der Waals surface area contributed by atoms with E-state index in [1.165, 1.54) is 31.0 Å². The topological polar surface area (TPSA) is 329 Å². The van der Waals surface area contributed by atoms with Crippen molar-refractivity contribution in [3.05, 3.63) is 246 Å². The first-order chi connectivity index (χ1) is 50.5. The molecule has 0 bridgehead atoms. The summed E-state index contributed by atoms with van der Waals surface area (Å²) in [6.45, 7) is -1.36. The van der Waals surface area contributed by atoms with Crippen molar-refractivity contribution >= 4 is 163 Å². The molecule has 0 saturated carbocycles. The van der Waals surface area contributed by atoms with E-state index in [4.69, 9.17) is 84.6 Å². The molecule has 3 aromatic heterocycles. The summed E-state index contributed by atoms with van der Waals surface area (Å²) >= 11 is 39.0. The summed E-state index contributed by atoms with van der Waals surface area (Å²) in [6, 6.07) is 36.6. The summed E-state index contributed by atoms with van der Waals surface area (Å²) in [5.74, 6) is -2.93. The van der Waals surface area contributed by atoms with Crippen LogP contribution in [0.2, 0.25) is 30.1 Å². The van der Waals surface area contributed by atoms with E-state index in [-0.39, 0.29) is 52.7 Å². The van der Waals surface area contributed by atoms with Gasteiger partial charge in [-0.05, 0) is 120 Å². The van der Waals surface area contributed by atoms with Crippen molar-refractivity contribution in [2.24, 2.45) is 15.1 Å². The van der Waals surface area contributed by atoms with E-state index in [9.17, 15) is 84.3 Å². The van der Waals surface area contributed by atoms with Gasteiger partial charge < -0.3 is 29.7 Å². The molecule has 0 spiro atoms. The first-order valence-corrected chi connectivity index (χ1v) is 36.1. The van der Waals surface area contributed by atoms with Gasteiger partial charge in [0.05, 0.1) is 90.4 Å². The Bertz CT molecular complexity index is 5050. The number of pyridine rings is 3. The van der Waals surface area contributed by atoms with Gasteiger partial charge in [0.1, 0.15) is 13.5 Å². The first kappa shape index (κ1) is 95.0. The molecule has 0 radical (unpaired) electrons. The van der Waals surface area contributed by atoms with Crippen LogP contribution in [-0.4, -0.2) is 112 Å². The van der Waals surface area contributed by atoms with E-state index in [1.807, 2.05) is 37.4 Å². The molecule has 9 rings (SSSR count). The lowest BCUT2D eigenvalue weighted by atomic mass is 10.2. The number of benzene rings is 6. The number of para-hydroxylation sites is 3. The maximum Gasteiger partial charge on any atom is 0.417 e. The second kappa shape index (κ2) is 41.7. The van der Waals surface area contributed by atoms with Crippen molar-refractivity contribution in [3.8, 4) is 0 Å². The fourth-order valence-electron chi connectivity index (χ4n) is 8.61. The van der Waals surface area contributed by atoms with Gasteiger partial charge in [-0.2, -0.15) is 45.0 Å². The Hall–Kier alpha value is -9.25. The minimum absolute atomic E-state index is 0. The van der Waals surface area contributed by atoms with Gasteiger partial charge in [0, 0.05) is 71.0 Å². The van der Waals surface area contributed by atoms with Crippen LogP contribution >= 0.6 is 81.4 Å². The zero-order valence-electron chi connectivity index (χ0n) is 55.4. The number of carboxylic acids is 1. The number of carbonyl (C=O) groups is 3. The second-order valence-electron chi connectivity index (χ2n) is 20.7. The number of anilines is 6. The number of carbonyl (C=O) groups excluding carboxylic acids is 2. The number of amides is 2. The number of carboxylic acid groups (broad SMARTS) is 1. The van der Waals surface area contributed by atoms with Crippen LogP contribution in [0.1, 0.15) is 63.0 Å². The normalized spacial score (nSPS) is 11.3. The molecule has 0 saturated heterocycles. The number of alkyl halides is 9. The highest BCUT2D eigenvalue weighted by Crippen LogP contribution is 2.41. The van der Waals surface area contributed by atoms with Crippen LogP contribution in [0.15, 0.2) is 212 Å². The molecule has 0 atom stereocenters. The molecule has 6 aromatic carbocycles. The van der Waals surface area contributed by atoms with Crippen molar-refractivity contribution in [3.63, 3.8) is 0 Å². The molecule has 0 aliphatic rings. The quantitative estimate of drug-likeness (QED) is 0.0238. The number of aromatic carboxylic acids is 1. The third-order valence-corrected chi connectivity index (χ3v) is 20.2. The molecule has 9 aromatic rings. The van der Waals surface area contributed by atoms with Crippen molar-refractivity contribution < 1.29 is 93.7 Å². The maximum absolute atomic E-state index is 13.5. The Morgan fingerprint density at radius 3 is 1.18 bits per heavy atom. The van der Waals surface area contributed by atoms with Crippen molar-refractivity contribution in [1.82, 2.24) is 15.0 Å². The number of rotatable bonds is 20. The third-order valence-electron chi connectivity index (χ3n) is 13.7. The van der Waals surface area contributed by atoms with Crippen molar-refractivity contribution in [1.29, 1.82) is 5.53 Å². The van der Waals surface area contributed by atoms with E-state index in [2.05, 4.69) is 51.8 Å². The largest absolute Gasteiger partial charge is 0.476 e. The van der Waals surface area contributed by atoms with Gasteiger partial charge in [0.25, 0.3) is 41.9 Å². The predicted molar refractivity (Wildman–Crippen MR) is 402 cm³/mol. The summed E-state index contributed by atoms with van der Waals surface area (Å²) < 4.78 is 213. The number of nitrogens with zero attached hydrogens (tertiary/aromatic N) is 10. The number of sulfonamides is 3. The highest BCUT2D eigenvalue weighted by Gasteiger charge is 2.40. The molecule has 4 N–H and O–H groups in total. The molecular formula is C66H61Cl7F9N13O12S3. The van der Waals surface area contributed by atoms with Gasteiger partial charge in [-0.1, -0.05) is 144 Å². The van der Waals surface area contributed by atoms with Crippen molar-refractivity contribution in [2.75, 3.05) is 77.3 Å². The lowest BCUT2D eigenvalue weighted by Gasteiger charge is -2.27. The van der Waals surface area contributed by atoms with Gasteiger partial charge in [-0.3, -0.25) is 14.3 Å².